The molecule has 2 atom stereocenters. The molecule has 18 heavy (non-hydrogen) atoms. The molecule has 0 fully saturated rings. The molecular weight excluding hydrogens is 230 g/mol. The van der Waals surface area contributed by atoms with E-state index in [0.29, 0.717) is 5.75 Å². The van der Waals surface area contributed by atoms with E-state index in [2.05, 4.69) is 0 Å². The summed E-state index contributed by atoms with van der Waals surface area (Å²) in [5.41, 5.74) is 6.70. The van der Waals surface area contributed by atoms with Crippen molar-refractivity contribution in [3.8, 4) is 11.5 Å². The highest BCUT2D eigenvalue weighted by atomic mass is 16.5. The largest absolute Gasteiger partial charge is 0.483 e. The molecule has 3 N–H and O–H groups in total. The van der Waals surface area contributed by atoms with Crippen LogP contribution >= 0.6 is 0 Å². The van der Waals surface area contributed by atoms with Gasteiger partial charge in [0.2, 0.25) is 0 Å². The van der Waals surface area contributed by atoms with E-state index in [9.17, 15) is 5.11 Å². The van der Waals surface area contributed by atoms with E-state index in [4.69, 9.17) is 15.2 Å². The lowest BCUT2D eigenvalue weighted by Crippen LogP contribution is -2.39. The molecule has 4 nitrogen and oxygen atoms in total. The second kappa shape index (κ2) is 4.78. The highest BCUT2D eigenvalue weighted by molar-refractivity contribution is 5.50. The van der Waals surface area contributed by atoms with Gasteiger partial charge in [0.05, 0.1) is 6.61 Å². The number of nitrogens with two attached hydrogens (primary N) is 1. The maximum atomic E-state index is 9.26. The van der Waals surface area contributed by atoms with Crippen LogP contribution in [0.3, 0.4) is 0 Å². The van der Waals surface area contributed by atoms with Crippen molar-refractivity contribution in [1.82, 2.24) is 0 Å². The Hall–Kier alpha value is -1.26. The second-order valence-corrected chi connectivity index (χ2v) is 5.48. The van der Waals surface area contributed by atoms with Crippen LogP contribution in [0.4, 0.5) is 0 Å². The third-order valence-electron chi connectivity index (χ3n) is 3.10. The van der Waals surface area contributed by atoms with Gasteiger partial charge in [0.1, 0.15) is 11.7 Å². The Morgan fingerprint density at radius 1 is 1.50 bits per heavy atom. The first-order valence-electron chi connectivity index (χ1n) is 6.27. The van der Waals surface area contributed by atoms with Crippen molar-refractivity contribution in [2.45, 2.75) is 44.9 Å². The van der Waals surface area contributed by atoms with Crippen LogP contribution in [-0.2, 0) is 6.42 Å². The van der Waals surface area contributed by atoms with E-state index < -0.39 is 6.10 Å². The Kier molecular flexibility index (Phi) is 3.50. The van der Waals surface area contributed by atoms with Crippen molar-refractivity contribution < 1.29 is 14.6 Å². The smallest absolute Gasteiger partial charge is 0.165 e. The molecule has 2 unspecified atom stereocenters. The average molecular weight is 251 g/mol. The van der Waals surface area contributed by atoms with Crippen LogP contribution in [0.5, 0.6) is 11.5 Å². The summed E-state index contributed by atoms with van der Waals surface area (Å²) in [6.45, 7) is 5.80. The summed E-state index contributed by atoms with van der Waals surface area (Å²) in [7, 11) is 0. The summed E-state index contributed by atoms with van der Waals surface area (Å²) in [6, 6.07) is 5.59. The van der Waals surface area contributed by atoms with E-state index in [-0.39, 0.29) is 18.2 Å². The van der Waals surface area contributed by atoms with Gasteiger partial charge in [-0.2, -0.15) is 0 Å². The summed E-state index contributed by atoms with van der Waals surface area (Å²) in [5.74, 6) is 1.44. The fraction of sp³-hybridized carbons (Fsp3) is 0.571. The molecule has 1 aromatic carbocycles. The maximum absolute atomic E-state index is 9.26. The monoisotopic (exact) mass is 251 g/mol. The Balaban J connectivity index is 2.24. The number of fused-ring (bicyclic) bond motifs is 1. The van der Waals surface area contributed by atoms with Gasteiger partial charge in [-0.15, -0.1) is 0 Å². The Labute approximate surface area is 108 Å². The van der Waals surface area contributed by atoms with Crippen LogP contribution in [0.1, 0.15) is 26.3 Å². The van der Waals surface area contributed by atoms with Crippen LogP contribution in [0.2, 0.25) is 0 Å². The number of hydrogen-bond donors (Lipinski definition) is 2. The highest BCUT2D eigenvalue weighted by Gasteiger charge is 2.32. The van der Waals surface area contributed by atoms with Gasteiger partial charge in [0.25, 0.3) is 0 Å². The van der Waals surface area contributed by atoms with Crippen LogP contribution in [0.15, 0.2) is 18.2 Å². The molecule has 0 aromatic heterocycles. The third kappa shape index (κ3) is 2.60. The first kappa shape index (κ1) is 13.2. The molecule has 0 spiro atoms. The van der Waals surface area contributed by atoms with Crippen molar-refractivity contribution in [2.75, 3.05) is 6.61 Å². The maximum Gasteiger partial charge on any atom is 0.165 e. The molecular formula is C14H21NO3. The number of rotatable bonds is 4. The van der Waals surface area contributed by atoms with Crippen molar-refractivity contribution in [3.05, 3.63) is 23.8 Å². The van der Waals surface area contributed by atoms with Crippen LogP contribution in [0, 0.1) is 0 Å². The van der Waals surface area contributed by atoms with Gasteiger partial charge in [-0.1, -0.05) is 12.1 Å². The zero-order valence-electron chi connectivity index (χ0n) is 11.1. The second-order valence-electron chi connectivity index (χ2n) is 5.48. The van der Waals surface area contributed by atoms with E-state index >= 15 is 0 Å². The SMILES string of the molecule is CC(N)C(CO)Oc1cccc2c1OC(C)(C)C2. The summed E-state index contributed by atoms with van der Waals surface area (Å²) < 4.78 is 11.7. The van der Waals surface area contributed by atoms with Gasteiger partial charge in [0.15, 0.2) is 11.5 Å². The Morgan fingerprint density at radius 3 is 2.83 bits per heavy atom. The van der Waals surface area contributed by atoms with Crippen molar-refractivity contribution in [1.29, 1.82) is 0 Å². The summed E-state index contributed by atoms with van der Waals surface area (Å²) in [6.07, 6.45) is 0.449. The van der Waals surface area contributed by atoms with Crippen molar-refractivity contribution in [3.63, 3.8) is 0 Å². The molecule has 1 aliphatic rings. The molecule has 0 aliphatic carbocycles. The lowest BCUT2D eigenvalue weighted by Gasteiger charge is -2.23. The fourth-order valence-electron chi connectivity index (χ4n) is 2.15. The van der Waals surface area contributed by atoms with E-state index in [1.165, 1.54) is 0 Å². The number of benzene rings is 1. The van der Waals surface area contributed by atoms with Gasteiger partial charge in [-0.3, -0.25) is 0 Å². The molecule has 1 heterocycles. The van der Waals surface area contributed by atoms with Crippen LogP contribution in [0.25, 0.3) is 0 Å². The van der Waals surface area contributed by atoms with E-state index in [0.717, 1.165) is 17.7 Å². The zero-order valence-corrected chi connectivity index (χ0v) is 11.1. The molecule has 100 valence electrons. The lowest BCUT2D eigenvalue weighted by molar-refractivity contribution is 0.0870. The molecule has 1 aromatic rings. The summed E-state index contributed by atoms with van der Waals surface area (Å²) >= 11 is 0. The van der Waals surface area contributed by atoms with E-state index in [1.807, 2.05) is 39.0 Å². The summed E-state index contributed by atoms with van der Waals surface area (Å²) in [4.78, 5) is 0. The van der Waals surface area contributed by atoms with Crippen LogP contribution in [-0.4, -0.2) is 29.5 Å². The minimum Gasteiger partial charge on any atom is -0.483 e. The van der Waals surface area contributed by atoms with Crippen molar-refractivity contribution in [2.24, 2.45) is 5.73 Å². The van der Waals surface area contributed by atoms with Gasteiger partial charge < -0.3 is 20.3 Å². The summed E-state index contributed by atoms with van der Waals surface area (Å²) in [5, 5.41) is 9.26. The third-order valence-corrected chi connectivity index (χ3v) is 3.10. The molecule has 0 radical (unpaired) electrons. The molecule has 0 saturated heterocycles. The average Bonchev–Trinajstić information content (AvgIpc) is 2.60. The van der Waals surface area contributed by atoms with Gasteiger partial charge in [0, 0.05) is 18.0 Å². The minimum absolute atomic E-state index is 0.106. The highest BCUT2D eigenvalue weighted by Crippen LogP contribution is 2.42. The fourth-order valence-corrected chi connectivity index (χ4v) is 2.15. The normalized spacial score (nSPS) is 19.8. The van der Waals surface area contributed by atoms with Gasteiger partial charge in [-0.05, 0) is 26.8 Å². The Bertz CT molecular complexity index is 429. The van der Waals surface area contributed by atoms with Crippen LogP contribution < -0.4 is 15.2 Å². The standard InChI is InChI=1S/C14H21NO3/c1-9(15)12(8-16)17-11-6-4-5-10-7-14(2,3)18-13(10)11/h4-6,9,12,16H,7-8,15H2,1-3H3. The number of ether oxygens (including phenoxy) is 2. The quantitative estimate of drug-likeness (QED) is 0.851. The molecule has 2 rings (SSSR count). The molecule has 0 saturated carbocycles. The van der Waals surface area contributed by atoms with Gasteiger partial charge in [-0.25, -0.2) is 0 Å². The first-order chi connectivity index (χ1) is 8.43. The molecule has 0 bridgehead atoms. The minimum atomic E-state index is -0.413. The number of aliphatic hydroxyl groups excluding tert-OH is 1. The lowest BCUT2D eigenvalue weighted by atomic mass is 10.0. The number of hydrogen-bond acceptors (Lipinski definition) is 4. The number of aliphatic hydroxyl groups is 1. The first-order valence-corrected chi connectivity index (χ1v) is 6.27. The number of para-hydroxylation sites is 1. The molecule has 0 amide bonds. The van der Waals surface area contributed by atoms with Gasteiger partial charge >= 0.3 is 0 Å². The molecule has 1 aliphatic heterocycles. The Morgan fingerprint density at radius 2 is 2.22 bits per heavy atom. The predicted molar refractivity (Wildman–Crippen MR) is 70.0 cm³/mol. The predicted octanol–water partition coefficient (Wildman–Crippen LogP) is 1.49. The zero-order chi connectivity index (χ0) is 13.3. The van der Waals surface area contributed by atoms with E-state index in [1.54, 1.807) is 0 Å². The molecule has 4 heteroatoms. The van der Waals surface area contributed by atoms with Crippen molar-refractivity contribution >= 4 is 0 Å². The topological polar surface area (TPSA) is 64.7 Å².